The summed E-state index contributed by atoms with van der Waals surface area (Å²) in [7, 11) is 0. The smallest absolute Gasteiger partial charge is 0.105 e. The number of hydrogen-bond donors (Lipinski definition) is 1. The molecule has 3 nitrogen and oxygen atoms in total. The highest BCUT2D eigenvalue weighted by molar-refractivity contribution is 5.38. The third-order valence-corrected chi connectivity index (χ3v) is 2.74. The zero-order valence-corrected chi connectivity index (χ0v) is 8.16. The Hall–Kier alpha value is -0.960. The van der Waals surface area contributed by atoms with E-state index in [0.29, 0.717) is 0 Å². The fraction of sp³-hybridized carbons (Fsp3) is 0.600. The lowest BCUT2D eigenvalue weighted by Gasteiger charge is -2.34. The van der Waals surface area contributed by atoms with Gasteiger partial charge >= 0.3 is 0 Å². The van der Waals surface area contributed by atoms with Crippen LogP contribution in [0.1, 0.15) is 6.92 Å². The maximum Gasteiger partial charge on any atom is 0.105 e. The minimum absolute atomic E-state index is 1.15. The molecule has 0 aliphatic carbocycles. The molecule has 0 amide bonds. The molecule has 1 saturated heterocycles. The summed E-state index contributed by atoms with van der Waals surface area (Å²) < 4.78 is 0. The Morgan fingerprint density at radius 3 is 2.62 bits per heavy atom. The highest BCUT2D eigenvalue weighted by Crippen LogP contribution is 2.12. The fourth-order valence-corrected chi connectivity index (χ4v) is 1.82. The van der Waals surface area contributed by atoms with Crippen LogP contribution in [0.15, 0.2) is 18.3 Å². The molecular weight excluding hydrogens is 162 g/mol. The summed E-state index contributed by atoms with van der Waals surface area (Å²) in [5, 5.41) is 0. The number of likely N-dealkylation sites (N-methyl/N-ethyl adjacent to an activating group) is 1. The minimum atomic E-state index is 1.15. The normalized spacial score (nSPS) is 19.3. The van der Waals surface area contributed by atoms with Crippen molar-refractivity contribution < 1.29 is 0 Å². The van der Waals surface area contributed by atoms with Gasteiger partial charge in [-0.25, -0.2) is 0 Å². The monoisotopic (exact) mass is 179 g/mol. The number of aromatic nitrogens is 1. The number of aromatic amines is 1. The van der Waals surface area contributed by atoms with E-state index in [1.54, 1.807) is 0 Å². The molecule has 3 heteroatoms. The van der Waals surface area contributed by atoms with Gasteiger partial charge in [-0.2, -0.15) is 0 Å². The van der Waals surface area contributed by atoms with Crippen LogP contribution in [-0.4, -0.2) is 42.6 Å². The lowest BCUT2D eigenvalue weighted by molar-refractivity contribution is 0.270. The zero-order valence-electron chi connectivity index (χ0n) is 8.16. The first-order valence-corrected chi connectivity index (χ1v) is 5.01. The fourth-order valence-electron chi connectivity index (χ4n) is 1.82. The summed E-state index contributed by atoms with van der Waals surface area (Å²) in [5.41, 5.74) is 0. The van der Waals surface area contributed by atoms with E-state index in [-0.39, 0.29) is 0 Å². The van der Waals surface area contributed by atoms with E-state index in [2.05, 4.69) is 33.8 Å². The Morgan fingerprint density at radius 2 is 2.08 bits per heavy atom. The number of piperazine rings is 1. The van der Waals surface area contributed by atoms with Crippen molar-refractivity contribution in [2.24, 2.45) is 0 Å². The van der Waals surface area contributed by atoms with Crippen LogP contribution < -0.4 is 4.90 Å². The molecule has 1 fully saturated rings. The molecule has 1 aliphatic rings. The summed E-state index contributed by atoms with van der Waals surface area (Å²) in [5.74, 6) is 1.26. The molecule has 0 aromatic carbocycles. The molecule has 2 heterocycles. The van der Waals surface area contributed by atoms with E-state index >= 15 is 0 Å². The van der Waals surface area contributed by atoms with Crippen molar-refractivity contribution in [3.63, 3.8) is 0 Å². The Bertz CT molecular complexity index is 235. The Morgan fingerprint density at radius 1 is 1.31 bits per heavy atom. The molecule has 72 valence electrons. The van der Waals surface area contributed by atoms with Gasteiger partial charge in [-0.1, -0.05) is 6.92 Å². The van der Waals surface area contributed by atoms with Crippen molar-refractivity contribution in [3.05, 3.63) is 18.3 Å². The van der Waals surface area contributed by atoms with E-state index in [0.717, 1.165) is 13.1 Å². The van der Waals surface area contributed by atoms with Crippen molar-refractivity contribution in [1.82, 2.24) is 9.88 Å². The Labute approximate surface area is 79.3 Å². The molecule has 2 rings (SSSR count). The number of nitrogens with zero attached hydrogens (tertiary/aromatic N) is 2. The van der Waals surface area contributed by atoms with Crippen molar-refractivity contribution in [1.29, 1.82) is 0 Å². The molecule has 0 atom stereocenters. The second-order valence-corrected chi connectivity index (χ2v) is 3.48. The van der Waals surface area contributed by atoms with Gasteiger partial charge in [-0.15, -0.1) is 0 Å². The van der Waals surface area contributed by atoms with Crippen molar-refractivity contribution >= 4 is 5.82 Å². The van der Waals surface area contributed by atoms with E-state index in [1.807, 2.05) is 6.20 Å². The van der Waals surface area contributed by atoms with Crippen molar-refractivity contribution in [3.8, 4) is 0 Å². The molecule has 0 saturated carbocycles. The second kappa shape index (κ2) is 3.83. The third kappa shape index (κ3) is 1.86. The standard InChI is InChI=1S/C10H17N3/c1-2-12-6-8-13(9-7-12)10-4-3-5-11-10/h3-5,11H,2,6-9H2,1H3. The average molecular weight is 179 g/mol. The zero-order chi connectivity index (χ0) is 9.10. The van der Waals surface area contributed by atoms with Crippen LogP contribution in [0.4, 0.5) is 5.82 Å². The molecule has 1 aromatic rings. The van der Waals surface area contributed by atoms with Crippen LogP contribution in [0.5, 0.6) is 0 Å². The first-order valence-electron chi connectivity index (χ1n) is 5.01. The molecule has 0 bridgehead atoms. The van der Waals surface area contributed by atoms with Crippen molar-refractivity contribution in [2.75, 3.05) is 37.6 Å². The van der Waals surface area contributed by atoms with Crippen LogP contribution >= 0.6 is 0 Å². The van der Waals surface area contributed by atoms with Gasteiger partial charge in [0.1, 0.15) is 5.82 Å². The van der Waals surface area contributed by atoms with Gasteiger partial charge in [0.15, 0.2) is 0 Å². The number of anilines is 1. The van der Waals surface area contributed by atoms with Gasteiger partial charge in [0.25, 0.3) is 0 Å². The summed E-state index contributed by atoms with van der Waals surface area (Å²) in [6, 6.07) is 4.20. The third-order valence-electron chi connectivity index (χ3n) is 2.74. The average Bonchev–Trinajstić information content (AvgIpc) is 2.71. The molecule has 13 heavy (non-hydrogen) atoms. The first-order chi connectivity index (χ1) is 6.40. The quantitative estimate of drug-likeness (QED) is 0.736. The lowest BCUT2D eigenvalue weighted by atomic mass is 10.3. The van der Waals surface area contributed by atoms with E-state index in [4.69, 9.17) is 0 Å². The summed E-state index contributed by atoms with van der Waals surface area (Å²) in [6.45, 7) is 8.08. The van der Waals surface area contributed by atoms with Gasteiger partial charge in [0.05, 0.1) is 0 Å². The summed E-state index contributed by atoms with van der Waals surface area (Å²) in [6.07, 6.45) is 1.99. The van der Waals surface area contributed by atoms with Gasteiger partial charge in [0, 0.05) is 32.4 Å². The topological polar surface area (TPSA) is 22.3 Å². The molecular formula is C10H17N3. The Kier molecular flexibility index (Phi) is 2.54. The lowest BCUT2D eigenvalue weighted by Crippen LogP contribution is -2.46. The number of hydrogen-bond acceptors (Lipinski definition) is 2. The molecule has 0 unspecified atom stereocenters. The van der Waals surface area contributed by atoms with Crippen molar-refractivity contribution in [2.45, 2.75) is 6.92 Å². The maximum atomic E-state index is 3.25. The van der Waals surface area contributed by atoms with Crippen LogP contribution in [0.3, 0.4) is 0 Å². The van der Waals surface area contributed by atoms with Crippen LogP contribution in [0.25, 0.3) is 0 Å². The van der Waals surface area contributed by atoms with E-state index in [1.165, 1.54) is 25.5 Å². The molecule has 1 aromatic heterocycles. The van der Waals surface area contributed by atoms with Gasteiger partial charge in [-0.05, 0) is 18.7 Å². The largest absolute Gasteiger partial charge is 0.356 e. The molecule has 1 N–H and O–H groups in total. The summed E-state index contributed by atoms with van der Waals surface area (Å²) >= 11 is 0. The minimum Gasteiger partial charge on any atom is -0.356 e. The predicted octanol–water partition coefficient (Wildman–Crippen LogP) is 1.16. The SMILES string of the molecule is CCN1CCN(c2ccc[nH]2)CC1. The second-order valence-electron chi connectivity index (χ2n) is 3.48. The molecule has 0 spiro atoms. The molecule has 1 aliphatic heterocycles. The van der Waals surface area contributed by atoms with Crippen LogP contribution in [0, 0.1) is 0 Å². The number of nitrogens with one attached hydrogen (secondary N) is 1. The molecule has 0 radical (unpaired) electrons. The predicted molar refractivity (Wildman–Crippen MR) is 55.1 cm³/mol. The highest BCUT2D eigenvalue weighted by Gasteiger charge is 2.15. The Balaban J connectivity index is 1.92. The van der Waals surface area contributed by atoms with Gasteiger partial charge < -0.3 is 14.8 Å². The number of rotatable bonds is 2. The van der Waals surface area contributed by atoms with Crippen LogP contribution in [0.2, 0.25) is 0 Å². The van der Waals surface area contributed by atoms with Gasteiger partial charge in [-0.3, -0.25) is 0 Å². The van der Waals surface area contributed by atoms with E-state index in [9.17, 15) is 0 Å². The maximum absolute atomic E-state index is 3.25. The van der Waals surface area contributed by atoms with E-state index < -0.39 is 0 Å². The first kappa shape index (κ1) is 8.63. The number of H-pyrrole nitrogens is 1. The highest BCUT2D eigenvalue weighted by atomic mass is 15.3. The van der Waals surface area contributed by atoms with Crippen LogP contribution in [-0.2, 0) is 0 Å². The van der Waals surface area contributed by atoms with Gasteiger partial charge in [0.2, 0.25) is 0 Å². The summed E-state index contributed by atoms with van der Waals surface area (Å²) in [4.78, 5) is 8.14.